The zero-order valence-electron chi connectivity index (χ0n) is 9.19. The molecule has 0 radical (unpaired) electrons. The van der Waals surface area contributed by atoms with Gasteiger partial charge in [-0.2, -0.15) is 0 Å². The van der Waals surface area contributed by atoms with Gasteiger partial charge < -0.3 is 14.2 Å². The lowest BCUT2D eigenvalue weighted by Gasteiger charge is -2.27. The molecule has 0 spiro atoms. The molecular formula is C12H15BrO3. The van der Waals surface area contributed by atoms with Gasteiger partial charge in [0.1, 0.15) is 5.75 Å². The first kappa shape index (κ1) is 11.9. The van der Waals surface area contributed by atoms with Gasteiger partial charge >= 0.3 is 0 Å². The normalized spacial score (nSPS) is 22.8. The summed E-state index contributed by atoms with van der Waals surface area (Å²) in [4.78, 5) is 0.165. The summed E-state index contributed by atoms with van der Waals surface area (Å²) in [6, 6.07) is 7.98. The molecule has 1 aliphatic rings. The smallest absolute Gasteiger partial charge is 0.118 e. The van der Waals surface area contributed by atoms with Crippen molar-refractivity contribution in [2.24, 2.45) is 0 Å². The van der Waals surface area contributed by atoms with E-state index in [1.165, 1.54) is 5.56 Å². The Labute approximate surface area is 104 Å². The molecule has 4 heteroatoms. The molecule has 1 aliphatic heterocycles. The highest BCUT2D eigenvalue weighted by Gasteiger charge is 2.24. The van der Waals surface area contributed by atoms with Gasteiger partial charge in [-0.1, -0.05) is 28.1 Å². The third-order valence-corrected chi connectivity index (χ3v) is 3.72. The molecular weight excluding hydrogens is 272 g/mol. The molecule has 88 valence electrons. The fourth-order valence-corrected chi connectivity index (χ4v) is 2.29. The largest absolute Gasteiger partial charge is 0.497 e. The van der Waals surface area contributed by atoms with Crippen LogP contribution in [-0.2, 0) is 9.47 Å². The molecule has 0 aromatic heterocycles. The van der Waals surface area contributed by atoms with Crippen molar-refractivity contribution in [3.8, 4) is 5.75 Å². The van der Waals surface area contributed by atoms with E-state index in [1.54, 1.807) is 7.11 Å². The van der Waals surface area contributed by atoms with Gasteiger partial charge in [0.2, 0.25) is 0 Å². The lowest BCUT2D eigenvalue weighted by molar-refractivity contribution is -0.0876. The molecule has 2 unspecified atom stereocenters. The van der Waals surface area contributed by atoms with Crippen LogP contribution in [0.5, 0.6) is 5.75 Å². The molecule has 2 rings (SSSR count). The molecule has 3 nitrogen and oxygen atoms in total. The number of ether oxygens (including phenoxy) is 3. The van der Waals surface area contributed by atoms with Gasteiger partial charge in [-0.25, -0.2) is 0 Å². The average Bonchev–Trinajstić information content (AvgIpc) is 2.39. The van der Waals surface area contributed by atoms with Gasteiger partial charge in [0.05, 0.1) is 37.9 Å². The maximum absolute atomic E-state index is 5.65. The van der Waals surface area contributed by atoms with Crippen molar-refractivity contribution in [2.45, 2.75) is 10.9 Å². The second kappa shape index (κ2) is 5.66. The van der Waals surface area contributed by atoms with E-state index in [0.717, 1.165) is 5.75 Å². The highest BCUT2D eigenvalue weighted by atomic mass is 79.9. The van der Waals surface area contributed by atoms with Gasteiger partial charge in [-0.15, -0.1) is 0 Å². The van der Waals surface area contributed by atoms with Gasteiger partial charge in [0, 0.05) is 0 Å². The Balaban J connectivity index is 2.04. The fourth-order valence-electron chi connectivity index (χ4n) is 1.68. The zero-order valence-corrected chi connectivity index (χ0v) is 10.8. The van der Waals surface area contributed by atoms with Gasteiger partial charge in [-0.05, 0) is 17.7 Å². The van der Waals surface area contributed by atoms with Crippen LogP contribution >= 0.6 is 15.9 Å². The van der Waals surface area contributed by atoms with Crippen LogP contribution in [0.1, 0.15) is 10.4 Å². The van der Waals surface area contributed by atoms with Crippen molar-refractivity contribution in [2.75, 3.05) is 26.9 Å². The average molecular weight is 287 g/mol. The highest BCUT2D eigenvalue weighted by molar-refractivity contribution is 9.09. The predicted octanol–water partition coefficient (Wildman–Crippen LogP) is 2.55. The van der Waals surface area contributed by atoms with E-state index >= 15 is 0 Å². The first-order valence-corrected chi connectivity index (χ1v) is 6.20. The lowest BCUT2D eigenvalue weighted by atomic mass is 10.1. The third-order valence-electron chi connectivity index (χ3n) is 2.60. The molecule has 2 atom stereocenters. The Bertz CT molecular complexity index is 320. The molecule has 1 aromatic rings. The Kier molecular flexibility index (Phi) is 4.21. The lowest BCUT2D eigenvalue weighted by Crippen LogP contribution is -2.31. The maximum atomic E-state index is 5.65. The summed E-state index contributed by atoms with van der Waals surface area (Å²) >= 11 is 3.65. The molecule has 1 fully saturated rings. The number of methoxy groups -OCH3 is 1. The fraction of sp³-hybridized carbons (Fsp3) is 0.500. The monoisotopic (exact) mass is 286 g/mol. The third kappa shape index (κ3) is 2.75. The molecule has 0 amide bonds. The highest BCUT2D eigenvalue weighted by Crippen LogP contribution is 2.30. The Morgan fingerprint density at radius 3 is 2.62 bits per heavy atom. The standard InChI is InChI=1S/C12H15BrO3/c1-14-10-4-2-9(3-5-10)12(13)11-8-15-6-7-16-11/h2-5,11-12H,6-8H2,1H3. The van der Waals surface area contributed by atoms with Crippen molar-refractivity contribution >= 4 is 15.9 Å². The molecule has 0 saturated carbocycles. The van der Waals surface area contributed by atoms with Crippen LogP contribution in [-0.4, -0.2) is 33.0 Å². The van der Waals surface area contributed by atoms with E-state index in [1.807, 2.05) is 24.3 Å². The number of hydrogen-bond acceptors (Lipinski definition) is 3. The summed E-state index contributed by atoms with van der Waals surface area (Å²) in [5.74, 6) is 0.865. The van der Waals surface area contributed by atoms with Crippen molar-refractivity contribution in [3.05, 3.63) is 29.8 Å². The van der Waals surface area contributed by atoms with Crippen molar-refractivity contribution in [1.29, 1.82) is 0 Å². The number of rotatable bonds is 3. The summed E-state index contributed by atoms with van der Waals surface area (Å²) in [5.41, 5.74) is 1.18. The van der Waals surface area contributed by atoms with Crippen LogP contribution in [0, 0.1) is 0 Å². The summed E-state index contributed by atoms with van der Waals surface area (Å²) in [7, 11) is 1.67. The van der Waals surface area contributed by atoms with E-state index in [0.29, 0.717) is 19.8 Å². The van der Waals surface area contributed by atoms with Crippen molar-refractivity contribution in [1.82, 2.24) is 0 Å². The van der Waals surface area contributed by atoms with Crippen LogP contribution < -0.4 is 4.74 Å². The SMILES string of the molecule is COc1ccc(C(Br)C2COCCO2)cc1. The number of halogens is 1. The molecule has 1 heterocycles. The zero-order chi connectivity index (χ0) is 11.4. The van der Waals surface area contributed by atoms with Crippen LogP contribution in [0.25, 0.3) is 0 Å². The second-order valence-electron chi connectivity index (χ2n) is 3.66. The van der Waals surface area contributed by atoms with Crippen molar-refractivity contribution < 1.29 is 14.2 Å². The van der Waals surface area contributed by atoms with Crippen LogP contribution in [0.3, 0.4) is 0 Å². The van der Waals surface area contributed by atoms with Crippen LogP contribution in [0.15, 0.2) is 24.3 Å². The number of alkyl halides is 1. The van der Waals surface area contributed by atoms with E-state index in [-0.39, 0.29) is 10.9 Å². The summed E-state index contributed by atoms with van der Waals surface area (Å²) in [6.45, 7) is 2.00. The summed E-state index contributed by atoms with van der Waals surface area (Å²) in [5, 5.41) is 0. The molecule has 16 heavy (non-hydrogen) atoms. The molecule has 0 N–H and O–H groups in total. The van der Waals surface area contributed by atoms with Crippen LogP contribution in [0.4, 0.5) is 0 Å². The molecule has 0 bridgehead atoms. The minimum absolute atomic E-state index is 0.0853. The molecule has 0 aliphatic carbocycles. The molecule has 1 saturated heterocycles. The summed E-state index contributed by atoms with van der Waals surface area (Å²) in [6.07, 6.45) is 0.0853. The maximum Gasteiger partial charge on any atom is 0.118 e. The topological polar surface area (TPSA) is 27.7 Å². The first-order valence-electron chi connectivity index (χ1n) is 5.28. The number of hydrogen-bond donors (Lipinski definition) is 0. The van der Waals surface area contributed by atoms with E-state index < -0.39 is 0 Å². The van der Waals surface area contributed by atoms with Gasteiger partial charge in [0.25, 0.3) is 0 Å². The van der Waals surface area contributed by atoms with Gasteiger partial charge in [0.15, 0.2) is 0 Å². The Morgan fingerprint density at radius 2 is 2.06 bits per heavy atom. The van der Waals surface area contributed by atoms with E-state index in [4.69, 9.17) is 14.2 Å². The number of benzene rings is 1. The van der Waals surface area contributed by atoms with E-state index in [9.17, 15) is 0 Å². The Hall–Kier alpha value is -0.580. The first-order chi connectivity index (χ1) is 7.81. The predicted molar refractivity (Wildman–Crippen MR) is 65.2 cm³/mol. The second-order valence-corrected chi connectivity index (χ2v) is 4.65. The quantitative estimate of drug-likeness (QED) is 0.800. The van der Waals surface area contributed by atoms with E-state index in [2.05, 4.69) is 15.9 Å². The van der Waals surface area contributed by atoms with Crippen LogP contribution in [0.2, 0.25) is 0 Å². The Morgan fingerprint density at radius 1 is 1.31 bits per heavy atom. The van der Waals surface area contributed by atoms with Gasteiger partial charge in [-0.3, -0.25) is 0 Å². The molecule has 1 aromatic carbocycles. The summed E-state index contributed by atoms with van der Waals surface area (Å²) < 4.78 is 16.2. The minimum Gasteiger partial charge on any atom is -0.497 e. The van der Waals surface area contributed by atoms with Crippen molar-refractivity contribution in [3.63, 3.8) is 0 Å². The minimum atomic E-state index is 0.0853.